The first-order valence-corrected chi connectivity index (χ1v) is 9.60. The van der Waals surface area contributed by atoms with Crippen LogP contribution in [0.1, 0.15) is 0 Å². The molecule has 136 valence electrons. The van der Waals surface area contributed by atoms with Crippen molar-refractivity contribution in [1.29, 1.82) is 0 Å². The van der Waals surface area contributed by atoms with E-state index in [0.717, 1.165) is 28.1 Å². The van der Waals surface area contributed by atoms with Crippen molar-refractivity contribution < 1.29 is 4.39 Å². The summed E-state index contributed by atoms with van der Waals surface area (Å²) in [5, 5.41) is 3.33. The highest BCUT2D eigenvalue weighted by molar-refractivity contribution is 6.68. The fraction of sp³-hybridized carbons (Fsp3) is 0. The number of anilines is 2. The van der Waals surface area contributed by atoms with Gasteiger partial charge in [0.15, 0.2) is 0 Å². The number of benzene rings is 4. The Morgan fingerprint density at radius 3 is 1.52 bits per heavy atom. The molecule has 0 fully saturated rings. The number of rotatable bonds is 4. The van der Waals surface area contributed by atoms with Crippen LogP contribution in [0.2, 0.25) is 0 Å². The van der Waals surface area contributed by atoms with E-state index in [0.29, 0.717) is 16.5 Å². The average molecular weight is 388 g/mol. The molecule has 0 aromatic heterocycles. The molecule has 0 bridgehead atoms. The largest absolute Gasteiger partial charge is 0.356 e. The highest BCUT2D eigenvalue weighted by atomic mass is 19.1. The maximum atomic E-state index is 13.4. The van der Waals surface area contributed by atoms with Crippen molar-refractivity contribution in [2.45, 2.75) is 0 Å². The van der Waals surface area contributed by atoms with Crippen molar-refractivity contribution in [3.63, 3.8) is 0 Å². The van der Waals surface area contributed by atoms with E-state index >= 15 is 0 Å². The van der Waals surface area contributed by atoms with Gasteiger partial charge in [0.05, 0.1) is 0 Å². The van der Waals surface area contributed by atoms with Gasteiger partial charge in [-0.15, -0.1) is 16.4 Å². The third-order valence-corrected chi connectivity index (χ3v) is 5.20. The van der Waals surface area contributed by atoms with Gasteiger partial charge in [-0.1, -0.05) is 47.3 Å². The Labute approximate surface area is 188 Å². The number of hydrogen-bond acceptors (Lipinski definition) is 1. The van der Waals surface area contributed by atoms with Crippen LogP contribution >= 0.6 is 0 Å². The normalized spacial score (nSPS) is 10.7. The van der Waals surface area contributed by atoms with E-state index in [-0.39, 0.29) is 22.2 Å². The molecule has 0 saturated carbocycles. The first-order valence-electron chi connectivity index (χ1n) is 9.60. The van der Waals surface area contributed by atoms with Crippen LogP contribution in [0.15, 0.2) is 72.8 Å². The van der Waals surface area contributed by atoms with E-state index in [1.807, 2.05) is 54.6 Å². The minimum Gasteiger partial charge on any atom is -0.356 e. The summed E-state index contributed by atoms with van der Waals surface area (Å²) >= 11 is 0. The molecule has 0 amide bonds. The topological polar surface area (TPSA) is 12.0 Å². The molecule has 31 heavy (non-hydrogen) atoms. The van der Waals surface area contributed by atoms with E-state index in [9.17, 15) is 4.39 Å². The maximum absolute atomic E-state index is 13.4. The Hall–Kier alpha value is -3.07. The van der Waals surface area contributed by atoms with Crippen molar-refractivity contribution in [1.82, 2.24) is 0 Å². The first-order chi connectivity index (χ1) is 14.8. The highest BCUT2D eigenvalue weighted by Crippen LogP contribution is 2.25. The second-order valence-corrected chi connectivity index (χ2v) is 7.23. The smallest absolute Gasteiger partial charge is 0.123 e. The predicted molar refractivity (Wildman–Crippen MR) is 134 cm³/mol. The van der Waals surface area contributed by atoms with Gasteiger partial charge >= 0.3 is 0 Å². The number of halogens is 1. The molecule has 0 aliphatic carbocycles. The SMILES string of the molecule is [B]c1c([B])c([B])c(-c2ccc(Nc3ccc(-c4cccc(F)c4)cc3)cc2)c([B])c1[B]. The molecule has 10 radical (unpaired) electrons. The summed E-state index contributed by atoms with van der Waals surface area (Å²) in [6, 6.07) is 21.8. The average Bonchev–Trinajstić information content (AvgIpc) is 2.78. The summed E-state index contributed by atoms with van der Waals surface area (Å²) in [4.78, 5) is 0. The quantitative estimate of drug-likeness (QED) is 0.512. The zero-order valence-corrected chi connectivity index (χ0v) is 16.7. The van der Waals surface area contributed by atoms with Crippen LogP contribution in [0.3, 0.4) is 0 Å². The van der Waals surface area contributed by atoms with Crippen LogP contribution in [0.4, 0.5) is 15.8 Å². The molecule has 0 unspecified atom stereocenters. The van der Waals surface area contributed by atoms with Crippen molar-refractivity contribution in [2.75, 3.05) is 5.32 Å². The minimum absolute atomic E-state index is 0.193. The molecule has 1 N–H and O–H groups in total. The standard InChI is InChI=1S/C24H13B5FN/c25-20-19(21(26)23(28)24(29)22(20)27)14-6-10-18(11-7-14)31-17-8-4-13(5-9-17)15-2-1-3-16(30)12-15/h1-12,31H. The monoisotopic (exact) mass is 389 g/mol. The zero-order valence-electron chi connectivity index (χ0n) is 16.7. The lowest BCUT2D eigenvalue weighted by Crippen LogP contribution is -2.55. The first kappa shape index (κ1) is 21.2. The molecule has 4 aromatic rings. The molecule has 7 heteroatoms. The highest BCUT2D eigenvalue weighted by Gasteiger charge is 2.12. The molecule has 4 aromatic carbocycles. The lowest BCUT2D eigenvalue weighted by atomic mass is 9.60. The molecule has 0 spiro atoms. The van der Waals surface area contributed by atoms with Crippen molar-refractivity contribution in [3.8, 4) is 22.3 Å². The molecule has 4 rings (SSSR count). The van der Waals surface area contributed by atoms with Crippen LogP contribution in [0.5, 0.6) is 0 Å². The van der Waals surface area contributed by atoms with Gasteiger partial charge < -0.3 is 5.32 Å². The van der Waals surface area contributed by atoms with Crippen LogP contribution in [0, 0.1) is 5.82 Å². The molecule has 1 nitrogen and oxygen atoms in total. The van der Waals surface area contributed by atoms with E-state index < -0.39 is 0 Å². The summed E-state index contributed by atoms with van der Waals surface area (Å²) in [5.74, 6) is -0.259. The van der Waals surface area contributed by atoms with Gasteiger partial charge in [-0.25, -0.2) is 4.39 Å². The van der Waals surface area contributed by atoms with Gasteiger partial charge in [-0.3, -0.25) is 0 Å². The van der Waals surface area contributed by atoms with Crippen LogP contribution in [0.25, 0.3) is 22.3 Å². The fourth-order valence-corrected chi connectivity index (χ4v) is 3.46. The molecular formula is C24H13B5FN. The summed E-state index contributed by atoms with van der Waals surface area (Å²) in [7, 11) is 30.1. The minimum atomic E-state index is -0.259. The van der Waals surface area contributed by atoms with Gasteiger partial charge in [0.25, 0.3) is 0 Å². The van der Waals surface area contributed by atoms with E-state index in [2.05, 4.69) is 5.32 Å². The number of hydrogen-bond donors (Lipinski definition) is 1. The Balaban J connectivity index is 1.56. The lowest BCUT2D eigenvalue weighted by molar-refractivity contribution is 0.628. The molecule has 0 atom stereocenters. The van der Waals surface area contributed by atoms with Crippen LogP contribution in [-0.2, 0) is 0 Å². The van der Waals surface area contributed by atoms with Crippen molar-refractivity contribution in [3.05, 3.63) is 78.6 Å². The second kappa shape index (κ2) is 8.59. The van der Waals surface area contributed by atoms with E-state index in [1.54, 1.807) is 6.07 Å². The van der Waals surface area contributed by atoms with Gasteiger partial charge in [-0.2, -0.15) is 0 Å². The molecular weight excluding hydrogens is 375 g/mol. The zero-order chi connectivity index (χ0) is 22.1. The second-order valence-electron chi connectivity index (χ2n) is 7.23. The number of nitrogens with one attached hydrogen (secondary N) is 1. The van der Waals surface area contributed by atoms with Gasteiger partial charge in [-0.05, 0) is 58.7 Å². The van der Waals surface area contributed by atoms with Gasteiger partial charge in [0.2, 0.25) is 0 Å². The summed E-state index contributed by atoms with van der Waals surface area (Å²) in [5.41, 5.74) is 6.12. The Morgan fingerprint density at radius 2 is 1.00 bits per heavy atom. The third-order valence-electron chi connectivity index (χ3n) is 5.20. The Kier molecular flexibility index (Phi) is 5.87. The van der Waals surface area contributed by atoms with Crippen molar-refractivity contribution >= 4 is 77.9 Å². The molecule has 0 heterocycles. The van der Waals surface area contributed by atoms with Gasteiger partial charge in [0, 0.05) is 11.4 Å². The van der Waals surface area contributed by atoms with Crippen molar-refractivity contribution in [2.24, 2.45) is 0 Å². The Morgan fingerprint density at radius 1 is 0.516 bits per heavy atom. The molecule has 0 aliphatic rings. The van der Waals surface area contributed by atoms with Gasteiger partial charge in [0.1, 0.15) is 45.0 Å². The summed E-state index contributed by atoms with van der Waals surface area (Å²) in [6.07, 6.45) is 0. The lowest BCUT2D eigenvalue weighted by Gasteiger charge is -2.21. The summed E-state index contributed by atoms with van der Waals surface area (Å²) < 4.78 is 13.4. The third kappa shape index (κ3) is 4.23. The summed E-state index contributed by atoms with van der Waals surface area (Å²) in [6.45, 7) is 0. The fourth-order valence-electron chi connectivity index (χ4n) is 3.46. The predicted octanol–water partition coefficient (Wildman–Crippen LogP) is 0.872. The van der Waals surface area contributed by atoms with E-state index in [1.165, 1.54) is 12.1 Å². The molecule has 0 aliphatic heterocycles. The maximum Gasteiger partial charge on any atom is 0.123 e. The Bertz CT molecular complexity index is 1230. The van der Waals surface area contributed by atoms with Crippen LogP contribution in [-0.4, -0.2) is 39.2 Å². The molecule has 0 saturated heterocycles. The van der Waals surface area contributed by atoms with Crippen LogP contribution < -0.4 is 32.6 Å². The van der Waals surface area contributed by atoms with E-state index in [4.69, 9.17) is 39.2 Å².